The molecule has 1 saturated heterocycles. The van der Waals surface area contributed by atoms with Crippen LogP contribution in [0.4, 0.5) is 13.2 Å². The molecule has 26 heavy (non-hydrogen) atoms. The van der Waals surface area contributed by atoms with Crippen molar-refractivity contribution in [3.63, 3.8) is 0 Å². The summed E-state index contributed by atoms with van der Waals surface area (Å²) in [5.74, 6) is -1.20. The first kappa shape index (κ1) is 18.5. The number of amides is 1. The van der Waals surface area contributed by atoms with Crippen LogP contribution in [0.5, 0.6) is 5.75 Å². The Morgan fingerprint density at radius 2 is 1.96 bits per heavy atom. The third-order valence-electron chi connectivity index (χ3n) is 4.92. The summed E-state index contributed by atoms with van der Waals surface area (Å²) in [6.07, 6.45) is -2.40. The van der Waals surface area contributed by atoms with Crippen molar-refractivity contribution >= 4 is 11.9 Å². The van der Waals surface area contributed by atoms with E-state index < -0.39 is 24.7 Å². The minimum Gasteiger partial charge on any atom is -0.484 e. The van der Waals surface area contributed by atoms with E-state index in [2.05, 4.69) is 0 Å². The van der Waals surface area contributed by atoms with E-state index in [1.165, 1.54) is 18.2 Å². The molecule has 0 bridgehead atoms. The van der Waals surface area contributed by atoms with Gasteiger partial charge in [-0.1, -0.05) is 12.1 Å². The van der Waals surface area contributed by atoms with Gasteiger partial charge in [-0.2, -0.15) is 13.2 Å². The number of ether oxygens (including phenoxy) is 1. The molecular weight excluding hydrogens is 351 g/mol. The Morgan fingerprint density at radius 3 is 2.58 bits per heavy atom. The molecule has 0 radical (unpaired) electrons. The predicted molar refractivity (Wildman–Crippen MR) is 85.6 cm³/mol. The number of hydrogen-bond donors (Lipinski definition) is 1. The van der Waals surface area contributed by atoms with Crippen LogP contribution in [0.2, 0.25) is 0 Å². The van der Waals surface area contributed by atoms with Gasteiger partial charge in [-0.25, -0.2) is 0 Å². The maximum atomic E-state index is 12.5. The van der Waals surface area contributed by atoms with Crippen molar-refractivity contribution < 1.29 is 32.6 Å². The fourth-order valence-corrected chi connectivity index (χ4v) is 3.49. The zero-order valence-electron chi connectivity index (χ0n) is 14.0. The molecule has 1 amide bonds. The molecular formula is C18H20F3NO4. The zero-order valence-corrected chi connectivity index (χ0v) is 14.0. The number of carboxylic acid groups (broad SMARTS) is 1. The molecule has 5 nitrogen and oxygen atoms in total. The van der Waals surface area contributed by atoms with Crippen LogP contribution in [-0.4, -0.2) is 47.8 Å². The van der Waals surface area contributed by atoms with Crippen molar-refractivity contribution in [2.75, 3.05) is 19.7 Å². The van der Waals surface area contributed by atoms with E-state index in [4.69, 9.17) is 4.74 Å². The summed E-state index contributed by atoms with van der Waals surface area (Å²) in [4.78, 5) is 25.5. The van der Waals surface area contributed by atoms with Gasteiger partial charge in [0.2, 0.25) is 5.91 Å². The number of carbonyl (C=O) groups is 2. The molecule has 3 rings (SSSR count). The SMILES string of the molecule is O=C(O)[C@H]1CN(C(=O)Cc2cccc(OCC(F)(F)F)c2)C[C@@H]1C1CC1. The molecule has 0 aromatic heterocycles. The molecule has 8 heteroatoms. The summed E-state index contributed by atoms with van der Waals surface area (Å²) in [6.45, 7) is -0.760. The van der Waals surface area contributed by atoms with E-state index in [-0.39, 0.29) is 30.5 Å². The van der Waals surface area contributed by atoms with Crippen molar-refractivity contribution in [1.82, 2.24) is 4.90 Å². The van der Waals surface area contributed by atoms with Gasteiger partial charge in [-0.3, -0.25) is 9.59 Å². The van der Waals surface area contributed by atoms with E-state index in [1.54, 1.807) is 11.0 Å². The number of carboxylic acids is 1. The van der Waals surface area contributed by atoms with Crippen molar-refractivity contribution in [2.45, 2.75) is 25.4 Å². The highest BCUT2D eigenvalue weighted by Gasteiger charge is 2.46. The molecule has 1 saturated carbocycles. The summed E-state index contributed by atoms with van der Waals surface area (Å²) in [5, 5.41) is 9.36. The van der Waals surface area contributed by atoms with E-state index in [0.29, 0.717) is 18.0 Å². The van der Waals surface area contributed by atoms with Crippen LogP contribution < -0.4 is 4.74 Å². The summed E-state index contributed by atoms with van der Waals surface area (Å²) in [5.41, 5.74) is 0.538. The number of aliphatic carboxylic acids is 1. The summed E-state index contributed by atoms with van der Waals surface area (Å²) < 4.78 is 41.4. The highest BCUT2D eigenvalue weighted by Crippen LogP contribution is 2.44. The maximum absolute atomic E-state index is 12.5. The van der Waals surface area contributed by atoms with Gasteiger partial charge in [0, 0.05) is 13.1 Å². The maximum Gasteiger partial charge on any atom is 0.422 e. The number of benzene rings is 1. The first-order valence-corrected chi connectivity index (χ1v) is 8.52. The van der Waals surface area contributed by atoms with Crippen LogP contribution in [-0.2, 0) is 16.0 Å². The molecule has 142 valence electrons. The van der Waals surface area contributed by atoms with Gasteiger partial charge in [0.25, 0.3) is 0 Å². The third-order valence-corrected chi connectivity index (χ3v) is 4.92. The van der Waals surface area contributed by atoms with Crippen LogP contribution in [0.3, 0.4) is 0 Å². The molecule has 1 aliphatic heterocycles. The van der Waals surface area contributed by atoms with Crippen LogP contribution in [0.25, 0.3) is 0 Å². The average Bonchev–Trinajstić information content (AvgIpc) is 3.30. The Labute approximate surface area is 148 Å². The Bertz CT molecular complexity index is 687. The lowest BCUT2D eigenvalue weighted by Crippen LogP contribution is -2.31. The summed E-state index contributed by atoms with van der Waals surface area (Å²) in [6, 6.07) is 5.98. The zero-order chi connectivity index (χ0) is 18.9. The average molecular weight is 371 g/mol. The Balaban J connectivity index is 1.60. The van der Waals surface area contributed by atoms with Crippen molar-refractivity contribution in [2.24, 2.45) is 17.8 Å². The fraction of sp³-hybridized carbons (Fsp3) is 0.556. The lowest BCUT2D eigenvalue weighted by molar-refractivity contribution is -0.153. The van der Waals surface area contributed by atoms with Crippen LogP contribution >= 0.6 is 0 Å². The van der Waals surface area contributed by atoms with E-state index >= 15 is 0 Å². The van der Waals surface area contributed by atoms with Crippen molar-refractivity contribution in [3.8, 4) is 5.75 Å². The van der Waals surface area contributed by atoms with Crippen LogP contribution in [0, 0.1) is 17.8 Å². The normalized spacial score (nSPS) is 23.1. The number of likely N-dealkylation sites (tertiary alicyclic amines) is 1. The highest BCUT2D eigenvalue weighted by atomic mass is 19.4. The molecule has 2 atom stereocenters. The second-order valence-electron chi connectivity index (χ2n) is 6.97. The number of hydrogen-bond acceptors (Lipinski definition) is 3. The lowest BCUT2D eigenvalue weighted by Gasteiger charge is -2.17. The number of halogens is 3. The van der Waals surface area contributed by atoms with Gasteiger partial charge in [-0.15, -0.1) is 0 Å². The monoisotopic (exact) mass is 371 g/mol. The van der Waals surface area contributed by atoms with Gasteiger partial charge in [-0.05, 0) is 42.4 Å². The minimum atomic E-state index is -4.43. The smallest absolute Gasteiger partial charge is 0.422 e. The number of nitrogens with zero attached hydrogens (tertiary/aromatic N) is 1. The van der Waals surface area contributed by atoms with Gasteiger partial charge < -0.3 is 14.7 Å². The number of rotatable bonds is 6. The first-order chi connectivity index (χ1) is 12.2. The standard InChI is InChI=1S/C18H20F3NO4/c19-18(20,21)10-26-13-3-1-2-11(6-13)7-16(23)22-8-14(12-4-5-12)15(9-22)17(24)25/h1-3,6,12,14-15H,4-5,7-10H2,(H,24,25)/t14-,15+/m1/s1. The fourth-order valence-electron chi connectivity index (χ4n) is 3.49. The van der Waals surface area contributed by atoms with Crippen molar-refractivity contribution in [3.05, 3.63) is 29.8 Å². The molecule has 2 fully saturated rings. The number of alkyl halides is 3. The van der Waals surface area contributed by atoms with Gasteiger partial charge in [0.05, 0.1) is 12.3 Å². The van der Waals surface area contributed by atoms with Gasteiger partial charge >= 0.3 is 12.1 Å². The van der Waals surface area contributed by atoms with E-state index in [1.807, 2.05) is 0 Å². The second-order valence-corrected chi connectivity index (χ2v) is 6.97. The first-order valence-electron chi connectivity index (χ1n) is 8.52. The number of carbonyl (C=O) groups excluding carboxylic acids is 1. The third kappa shape index (κ3) is 4.68. The lowest BCUT2D eigenvalue weighted by atomic mass is 9.92. The molecule has 1 heterocycles. The molecule has 2 aliphatic rings. The topological polar surface area (TPSA) is 66.8 Å². The van der Waals surface area contributed by atoms with E-state index in [9.17, 15) is 27.9 Å². The van der Waals surface area contributed by atoms with Crippen LogP contribution in [0.1, 0.15) is 18.4 Å². The predicted octanol–water partition coefficient (Wildman–Crippen LogP) is 2.74. The molecule has 0 unspecified atom stereocenters. The Morgan fingerprint density at radius 1 is 1.23 bits per heavy atom. The second kappa shape index (κ2) is 7.17. The minimum absolute atomic E-state index is 0.00194. The molecule has 1 N–H and O–H groups in total. The molecule has 1 aliphatic carbocycles. The van der Waals surface area contributed by atoms with Crippen LogP contribution in [0.15, 0.2) is 24.3 Å². The Kier molecular flexibility index (Phi) is 5.11. The van der Waals surface area contributed by atoms with Gasteiger partial charge in [0.15, 0.2) is 6.61 Å². The van der Waals surface area contributed by atoms with E-state index in [0.717, 1.165) is 12.8 Å². The quantitative estimate of drug-likeness (QED) is 0.835. The summed E-state index contributed by atoms with van der Waals surface area (Å²) in [7, 11) is 0. The highest BCUT2D eigenvalue weighted by molar-refractivity contribution is 5.81. The molecule has 0 spiro atoms. The van der Waals surface area contributed by atoms with Gasteiger partial charge in [0.1, 0.15) is 5.75 Å². The molecule has 1 aromatic rings. The summed E-state index contributed by atoms with van der Waals surface area (Å²) >= 11 is 0. The Hall–Kier alpha value is -2.25. The largest absolute Gasteiger partial charge is 0.484 e. The molecule has 1 aromatic carbocycles. The van der Waals surface area contributed by atoms with Crippen molar-refractivity contribution in [1.29, 1.82) is 0 Å².